The van der Waals surface area contributed by atoms with Crippen molar-refractivity contribution < 1.29 is 17.9 Å². The number of anilines is 1. The van der Waals surface area contributed by atoms with E-state index < -0.39 is 26.0 Å². The van der Waals surface area contributed by atoms with Crippen molar-refractivity contribution in [1.82, 2.24) is 9.78 Å². The standard InChI is InChI=1S/C19H22ClN5O4S/c1-18(2)17(21)23-19(10-30(18,27)28)6-7-29-14-5-4-11(8-12(14)19)22-16(26)15-13(20)9-25(3)24-15/h4-5,8-9H,6-7,10H2,1-3H3,(H2,21,23)(H,22,26). The highest BCUT2D eigenvalue weighted by Gasteiger charge is 2.52. The lowest BCUT2D eigenvalue weighted by Gasteiger charge is -2.42. The number of ether oxygens (including phenoxy) is 1. The molecule has 3 heterocycles. The number of sulfone groups is 1. The molecule has 1 unspecified atom stereocenters. The minimum Gasteiger partial charge on any atom is -0.493 e. The van der Waals surface area contributed by atoms with Gasteiger partial charge in [0.2, 0.25) is 0 Å². The average Bonchev–Trinajstić information content (AvgIpc) is 2.99. The van der Waals surface area contributed by atoms with E-state index in [0.717, 1.165) is 0 Å². The van der Waals surface area contributed by atoms with E-state index in [1.807, 2.05) is 0 Å². The van der Waals surface area contributed by atoms with Crippen LogP contribution in [0.5, 0.6) is 5.75 Å². The summed E-state index contributed by atoms with van der Waals surface area (Å²) in [5, 5.41) is 7.03. The van der Waals surface area contributed by atoms with E-state index >= 15 is 0 Å². The molecule has 1 atom stereocenters. The molecule has 2 aliphatic heterocycles. The Bertz CT molecular complexity index is 1190. The number of nitrogens with one attached hydrogen (secondary N) is 1. The van der Waals surface area contributed by atoms with Gasteiger partial charge in [-0.05, 0) is 32.0 Å². The Kier molecular flexibility index (Phi) is 4.62. The van der Waals surface area contributed by atoms with Crippen molar-refractivity contribution in [3.05, 3.63) is 40.7 Å². The lowest BCUT2D eigenvalue weighted by atomic mass is 9.85. The number of benzene rings is 1. The van der Waals surface area contributed by atoms with Crippen LogP contribution < -0.4 is 15.8 Å². The maximum absolute atomic E-state index is 13.0. The topological polar surface area (TPSA) is 129 Å². The fraction of sp³-hybridized carbons (Fsp3) is 0.421. The zero-order valence-corrected chi connectivity index (χ0v) is 18.3. The van der Waals surface area contributed by atoms with Crippen LogP contribution in [0.3, 0.4) is 0 Å². The van der Waals surface area contributed by atoms with Gasteiger partial charge < -0.3 is 15.8 Å². The van der Waals surface area contributed by atoms with Crippen LogP contribution in [0, 0.1) is 0 Å². The first-order chi connectivity index (χ1) is 13.9. The Hall–Kier alpha value is -2.59. The summed E-state index contributed by atoms with van der Waals surface area (Å²) in [6, 6.07) is 5.03. The number of hydrogen-bond donors (Lipinski definition) is 2. The summed E-state index contributed by atoms with van der Waals surface area (Å²) in [4.78, 5) is 17.2. The van der Waals surface area contributed by atoms with Crippen LogP contribution in [0.15, 0.2) is 29.4 Å². The van der Waals surface area contributed by atoms with Crippen LogP contribution in [0.4, 0.5) is 5.69 Å². The van der Waals surface area contributed by atoms with E-state index in [0.29, 0.717) is 30.0 Å². The van der Waals surface area contributed by atoms with Gasteiger partial charge >= 0.3 is 0 Å². The highest BCUT2D eigenvalue weighted by Crippen LogP contribution is 2.46. The van der Waals surface area contributed by atoms with Crippen molar-refractivity contribution in [3.8, 4) is 5.75 Å². The number of aryl methyl sites for hydroxylation is 1. The molecule has 3 N–H and O–H groups in total. The highest BCUT2D eigenvalue weighted by molar-refractivity contribution is 7.93. The van der Waals surface area contributed by atoms with E-state index in [9.17, 15) is 13.2 Å². The molecule has 4 rings (SSSR count). The molecule has 1 amide bonds. The number of nitrogens with two attached hydrogens (primary N) is 1. The zero-order valence-electron chi connectivity index (χ0n) is 16.8. The average molecular weight is 452 g/mol. The number of aliphatic imine (C=N–C) groups is 1. The Labute approximate surface area is 179 Å². The normalized spacial score (nSPS) is 23.9. The van der Waals surface area contributed by atoms with E-state index in [1.165, 1.54) is 10.9 Å². The molecular weight excluding hydrogens is 430 g/mol. The lowest BCUT2D eigenvalue weighted by Crippen LogP contribution is -2.56. The molecule has 9 nitrogen and oxygen atoms in total. The molecule has 2 aromatic rings. The van der Waals surface area contributed by atoms with Gasteiger partial charge in [0, 0.05) is 30.9 Å². The molecule has 0 saturated heterocycles. The van der Waals surface area contributed by atoms with Gasteiger partial charge in [0.1, 0.15) is 21.9 Å². The Morgan fingerprint density at radius 2 is 2.10 bits per heavy atom. The van der Waals surface area contributed by atoms with Gasteiger partial charge in [0.05, 0.1) is 17.4 Å². The smallest absolute Gasteiger partial charge is 0.277 e. The molecule has 0 bridgehead atoms. The minimum absolute atomic E-state index is 0.0660. The van der Waals surface area contributed by atoms with Crippen LogP contribution in [0.2, 0.25) is 5.02 Å². The number of amidine groups is 1. The summed E-state index contributed by atoms with van der Waals surface area (Å²) in [6.45, 7) is 3.43. The largest absolute Gasteiger partial charge is 0.493 e. The summed E-state index contributed by atoms with van der Waals surface area (Å²) in [7, 11) is -1.91. The van der Waals surface area contributed by atoms with Gasteiger partial charge in [-0.25, -0.2) is 8.42 Å². The minimum atomic E-state index is -3.57. The molecule has 1 aromatic heterocycles. The van der Waals surface area contributed by atoms with Gasteiger partial charge in [0.25, 0.3) is 5.91 Å². The number of nitrogens with zero attached hydrogens (tertiary/aromatic N) is 3. The third-order valence-corrected chi connectivity index (χ3v) is 8.57. The fourth-order valence-corrected chi connectivity index (χ4v) is 5.67. The highest BCUT2D eigenvalue weighted by atomic mass is 35.5. The number of hydrogen-bond acceptors (Lipinski definition) is 7. The fourth-order valence-electron chi connectivity index (χ4n) is 3.68. The van der Waals surface area contributed by atoms with Crippen molar-refractivity contribution >= 4 is 38.9 Å². The van der Waals surface area contributed by atoms with Crippen LogP contribution in [-0.2, 0) is 22.4 Å². The van der Waals surface area contributed by atoms with E-state index in [2.05, 4.69) is 15.4 Å². The molecule has 1 spiro atoms. The predicted molar refractivity (Wildman–Crippen MR) is 114 cm³/mol. The molecule has 30 heavy (non-hydrogen) atoms. The third kappa shape index (κ3) is 3.14. The van der Waals surface area contributed by atoms with E-state index in [-0.39, 0.29) is 22.3 Å². The number of carbonyl (C=O) groups excluding carboxylic acids is 1. The van der Waals surface area contributed by atoms with E-state index in [4.69, 9.17) is 22.1 Å². The molecule has 0 saturated carbocycles. The number of halogens is 1. The molecule has 11 heteroatoms. The number of fused-ring (bicyclic) bond motifs is 2. The number of rotatable bonds is 2. The molecule has 0 radical (unpaired) electrons. The number of amides is 1. The van der Waals surface area contributed by atoms with Crippen LogP contribution in [0.25, 0.3) is 0 Å². The first kappa shape index (κ1) is 20.7. The predicted octanol–water partition coefficient (Wildman–Crippen LogP) is 1.87. The van der Waals surface area contributed by atoms with E-state index in [1.54, 1.807) is 39.1 Å². The van der Waals surface area contributed by atoms with Crippen molar-refractivity contribution in [3.63, 3.8) is 0 Å². The van der Waals surface area contributed by atoms with Gasteiger partial charge in [-0.3, -0.25) is 14.5 Å². The van der Waals surface area contributed by atoms with Crippen LogP contribution in [-0.4, -0.2) is 47.0 Å². The molecule has 1 aromatic carbocycles. The van der Waals surface area contributed by atoms with Gasteiger partial charge in [0.15, 0.2) is 15.5 Å². The summed E-state index contributed by atoms with van der Waals surface area (Å²) >= 11 is 6.05. The van der Waals surface area contributed by atoms with Crippen LogP contribution in [0.1, 0.15) is 36.3 Å². The molecule has 0 fully saturated rings. The molecule has 2 aliphatic rings. The second kappa shape index (κ2) is 6.71. The monoisotopic (exact) mass is 451 g/mol. The Morgan fingerprint density at radius 3 is 2.73 bits per heavy atom. The lowest BCUT2D eigenvalue weighted by molar-refractivity contribution is 0.102. The maximum Gasteiger partial charge on any atom is 0.277 e. The maximum atomic E-state index is 13.0. The van der Waals surface area contributed by atoms with Crippen molar-refractivity contribution in [2.75, 3.05) is 17.7 Å². The van der Waals surface area contributed by atoms with Gasteiger partial charge in [-0.2, -0.15) is 5.10 Å². The SMILES string of the molecule is Cn1cc(Cl)c(C(=O)Nc2ccc3c(c2)C2(CCO3)CS(=O)(=O)C(C)(C)C(N)=N2)n1. The Morgan fingerprint density at radius 1 is 1.37 bits per heavy atom. The zero-order chi connectivity index (χ0) is 21.9. The van der Waals surface area contributed by atoms with Crippen molar-refractivity contribution in [2.24, 2.45) is 17.8 Å². The molecule has 160 valence electrons. The first-order valence-electron chi connectivity index (χ1n) is 9.31. The summed E-state index contributed by atoms with van der Waals surface area (Å²) in [5.74, 6) is -0.0855. The Balaban J connectivity index is 1.75. The van der Waals surface area contributed by atoms with Gasteiger partial charge in [-0.15, -0.1) is 0 Å². The van der Waals surface area contributed by atoms with Gasteiger partial charge in [-0.1, -0.05) is 11.6 Å². The summed E-state index contributed by atoms with van der Waals surface area (Å²) in [6.07, 6.45) is 1.89. The van der Waals surface area contributed by atoms with Crippen molar-refractivity contribution in [2.45, 2.75) is 30.6 Å². The molecular formula is C19H22ClN5O4S. The summed E-state index contributed by atoms with van der Waals surface area (Å²) in [5.41, 5.74) is 6.15. The number of aromatic nitrogens is 2. The summed E-state index contributed by atoms with van der Waals surface area (Å²) < 4.78 is 31.9. The van der Waals surface area contributed by atoms with Crippen molar-refractivity contribution in [1.29, 1.82) is 0 Å². The second-order valence-electron chi connectivity index (χ2n) is 8.06. The quantitative estimate of drug-likeness (QED) is 0.717. The number of carbonyl (C=O) groups is 1. The third-order valence-electron chi connectivity index (χ3n) is 5.67. The first-order valence-corrected chi connectivity index (χ1v) is 11.3. The second-order valence-corrected chi connectivity index (χ2v) is 11.0. The molecule has 0 aliphatic carbocycles. The van der Waals surface area contributed by atoms with Crippen LogP contribution >= 0.6 is 11.6 Å².